The third-order valence-corrected chi connectivity index (χ3v) is 4.51. The Hall–Kier alpha value is -1.92. The first-order chi connectivity index (χ1) is 11.9. The Morgan fingerprint density at radius 2 is 1.84 bits per heavy atom. The first-order valence-corrected chi connectivity index (χ1v) is 9.00. The number of nitrogens with one attached hydrogen (secondary N) is 2. The molecule has 0 fully saturated rings. The summed E-state index contributed by atoms with van der Waals surface area (Å²) in [5, 5.41) is 5.21. The van der Waals surface area contributed by atoms with Crippen LogP contribution in [-0.2, 0) is 19.2 Å². The topological polar surface area (TPSA) is 95.6 Å². The zero-order chi connectivity index (χ0) is 19.1. The lowest BCUT2D eigenvalue weighted by Gasteiger charge is -2.28. The fourth-order valence-electron chi connectivity index (χ4n) is 2.40. The zero-order valence-corrected chi connectivity index (χ0v) is 15.8. The van der Waals surface area contributed by atoms with Gasteiger partial charge in [0.1, 0.15) is 6.29 Å². The van der Waals surface area contributed by atoms with Crippen molar-refractivity contribution in [3.63, 3.8) is 0 Å². The number of carbonyl (C=O) groups is 4. The van der Waals surface area contributed by atoms with Gasteiger partial charge in [-0.05, 0) is 24.7 Å². The highest BCUT2D eigenvalue weighted by molar-refractivity contribution is 5.77. The molecule has 0 aliphatic carbocycles. The average molecular weight is 355 g/mol. The van der Waals surface area contributed by atoms with Crippen molar-refractivity contribution in [3.05, 3.63) is 0 Å². The van der Waals surface area contributed by atoms with Crippen LogP contribution in [0.1, 0.15) is 58.8 Å². The van der Waals surface area contributed by atoms with Crippen LogP contribution in [0.3, 0.4) is 0 Å². The molecule has 0 spiro atoms. The van der Waals surface area contributed by atoms with Crippen molar-refractivity contribution in [2.24, 2.45) is 5.41 Å². The molecule has 0 bridgehead atoms. The molecule has 0 heterocycles. The molecule has 0 radical (unpaired) electrons. The Bertz CT molecular complexity index is 429. The molecule has 3 amide bonds. The van der Waals surface area contributed by atoms with Crippen LogP contribution >= 0.6 is 0 Å². The second-order valence-electron chi connectivity index (χ2n) is 6.76. The highest BCUT2D eigenvalue weighted by atomic mass is 16.2. The van der Waals surface area contributed by atoms with E-state index in [4.69, 9.17) is 0 Å². The maximum Gasteiger partial charge on any atom is 0.222 e. The minimum Gasteiger partial charge on any atom is -0.357 e. The van der Waals surface area contributed by atoms with Crippen molar-refractivity contribution in [3.8, 4) is 0 Å². The van der Waals surface area contributed by atoms with E-state index in [1.807, 2.05) is 13.8 Å². The van der Waals surface area contributed by atoms with Crippen molar-refractivity contribution < 1.29 is 19.2 Å². The number of hydrogen-bond donors (Lipinski definition) is 2. The van der Waals surface area contributed by atoms with Crippen LogP contribution < -0.4 is 10.6 Å². The van der Waals surface area contributed by atoms with Crippen LogP contribution in [0, 0.1) is 5.41 Å². The Morgan fingerprint density at radius 1 is 1.12 bits per heavy atom. The van der Waals surface area contributed by atoms with Gasteiger partial charge in [-0.2, -0.15) is 0 Å². The van der Waals surface area contributed by atoms with Crippen LogP contribution in [0.2, 0.25) is 0 Å². The summed E-state index contributed by atoms with van der Waals surface area (Å²) in [5.74, 6) is 0.0383. The number of unbranched alkanes of at least 4 members (excludes halogenated alkanes) is 2. The molecule has 0 aromatic rings. The minimum atomic E-state index is -0.260. The van der Waals surface area contributed by atoms with Gasteiger partial charge >= 0.3 is 0 Å². The molecule has 25 heavy (non-hydrogen) atoms. The molecule has 2 N–H and O–H groups in total. The van der Waals surface area contributed by atoms with Crippen LogP contribution in [0.5, 0.6) is 0 Å². The summed E-state index contributed by atoms with van der Waals surface area (Å²) in [6.07, 6.45) is 6.01. The third-order valence-electron chi connectivity index (χ3n) is 4.51. The van der Waals surface area contributed by atoms with E-state index in [9.17, 15) is 19.2 Å². The lowest BCUT2D eigenvalue weighted by atomic mass is 9.81. The van der Waals surface area contributed by atoms with Crippen molar-refractivity contribution in [2.75, 3.05) is 26.7 Å². The lowest BCUT2D eigenvalue weighted by molar-refractivity contribution is -0.132. The van der Waals surface area contributed by atoms with Gasteiger partial charge in [0.25, 0.3) is 0 Å². The molecule has 1 unspecified atom stereocenters. The molecule has 7 heteroatoms. The number of amides is 3. The predicted octanol–water partition coefficient (Wildman–Crippen LogP) is 1.26. The Morgan fingerprint density at radius 3 is 2.44 bits per heavy atom. The normalized spacial score (nSPS) is 12.8. The van der Waals surface area contributed by atoms with E-state index in [1.165, 1.54) is 0 Å². The number of carbonyl (C=O) groups excluding carboxylic acids is 4. The summed E-state index contributed by atoms with van der Waals surface area (Å²) in [4.78, 5) is 46.3. The first kappa shape index (κ1) is 23.1. The van der Waals surface area contributed by atoms with Gasteiger partial charge in [-0.3, -0.25) is 14.4 Å². The van der Waals surface area contributed by atoms with Gasteiger partial charge in [0.15, 0.2) is 0 Å². The maximum atomic E-state index is 12.3. The van der Waals surface area contributed by atoms with Gasteiger partial charge in [-0.1, -0.05) is 20.3 Å². The number of rotatable bonds is 15. The van der Waals surface area contributed by atoms with Crippen molar-refractivity contribution >= 4 is 24.5 Å². The molecule has 0 saturated heterocycles. The fraction of sp³-hybridized carbons (Fsp3) is 0.778. The van der Waals surface area contributed by atoms with Crippen LogP contribution in [0.25, 0.3) is 0 Å². The van der Waals surface area contributed by atoms with E-state index in [0.29, 0.717) is 45.3 Å². The van der Waals surface area contributed by atoms with E-state index in [0.717, 1.165) is 32.0 Å². The highest BCUT2D eigenvalue weighted by Gasteiger charge is 2.26. The number of nitrogens with zero attached hydrogens (tertiary/aromatic N) is 1. The van der Waals surface area contributed by atoms with Crippen molar-refractivity contribution in [1.29, 1.82) is 0 Å². The second-order valence-corrected chi connectivity index (χ2v) is 6.76. The first-order valence-electron chi connectivity index (χ1n) is 9.00. The summed E-state index contributed by atoms with van der Waals surface area (Å²) < 4.78 is 0. The molecule has 0 aromatic heterocycles. The lowest BCUT2D eigenvalue weighted by Crippen LogP contribution is -2.33. The summed E-state index contributed by atoms with van der Waals surface area (Å²) in [7, 11) is 1.78. The smallest absolute Gasteiger partial charge is 0.222 e. The zero-order valence-electron chi connectivity index (χ0n) is 15.8. The van der Waals surface area contributed by atoms with E-state index >= 15 is 0 Å². The standard InChI is InChI=1S/C18H33N3O4/c1-4-18(2,9-13-22)14-17(25)21(3)12-7-5-6-8-16(24)20-11-10-19-15-23/h13,15H,4-12,14H2,1-3H3,(H,19,23)(H,20,24). The van der Waals surface area contributed by atoms with Gasteiger partial charge in [0.05, 0.1) is 0 Å². The van der Waals surface area contributed by atoms with Crippen molar-refractivity contribution in [2.45, 2.75) is 58.8 Å². The van der Waals surface area contributed by atoms with Gasteiger partial charge in [-0.15, -0.1) is 0 Å². The van der Waals surface area contributed by atoms with Crippen LogP contribution in [0.4, 0.5) is 0 Å². The van der Waals surface area contributed by atoms with Gasteiger partial charge < -0.3 is 20.3 Å². The number of aldehydes is 1. The fourth-order valence-corrected chi connectivity index (χ4v) is 2.40. The SMILES string of the molecule is CCC(C)(CC=O)CC(=O)N(C)CCCCCC(=O)NCCNC=O. The largest absolute Gasteiger partial charge is 0.357 e. The molecule has 1 atom stereocenters. The molecule has 0 saturated carbocycles. The van der Waals surface area contributed by atoms with Crippen LogP contribution in [-0.4, -0.2) is 56.1 Å². The van der Waals surface area contributed by atoms with E-state index < -0.39 is 0 Å². The molecular weight excluding hydrogens is 322 g/mol. The average Bonchev–Trinajstić information content (AvgIpc) is 2.58. The minimum absolute atomic E-state index is 0.0234. The summed E-state index contributed by atoms with van der Waals surface area (Å²) in [6, 6.07) is 0. The van der Waals surface area contributed by atoms with E-state index in [1.54, 1.807) is 11.9 Å². The van der Waals surface area contributed by atoms with Gasteiger partial charge in [0, 0.05) is 45.9 Å². The summed E-state index contributed by atoms with van der Waals surface area (Å²) >= 11 is 0. The molecule has 0 aromatic carbocycles. The van der Waals surface area contributed by atoms with Crippen LogP contribution in [0.15, 0.2) is 0 Å². The maximum absolute atomic E-state index is 12.3. The number of hydrogen-bond acceptors (Lipinski definition) is 4. The van der Waals surface area contributed by atoms with Crippen molar-refractivity contribution in [1.82, 2.24) is 15.5 Å². The molecule has 0 rings (SSSR count). The predicted molar refractivity (Wildman–Crippen MR) is 96.9 cm³/mol. The monoisotopic (exact) mass is 355 g/mol. The molecule has 0 aliphatic heterocycles. The van der Waals surface area contributed by atoms with E-state index in [2.05, 4.69) is 10.6 Å². The van der Waals surface area contributed by atoms with Gasteiger partial charge in [0.2, 0.25) is 18.2 Å². The van der Waals surface area contributed by atoms with E-state index in [-0.39, 0.29) is 17.2 Å². The molecule has 0 aliphatic rings. The molecule has 144 valence electrons. The molecule has 7 nitrogen and oxygen atoms in total. The highest BCUT2D eigenvalue weighted by Crippen LogP contribution is 2.29. The molecular formula is C18H33N3O4. The summed E-state index contributed by atoms with van der Waals surface area (Å²) in [5.41, 5.74) is -0.260. The second kappa shape index (κ2) is 13.4. The Balaban J connectivity index is 3.86. The Kier molecular flexibility index (Phi) is 12.4. The quantitative estimate of drug-likeness (QED) is 0.341. The third kappa shape index (κ3) is 11.3. The summed E-state index contributed by atoms with van der Waals surface area (Å²) in [6.45, 7) is 5.49. The Labute approximate surface area is 150 Å². The van der Waals surface area contributed by atoms with Gasteiger partial charge in [-0.25, -0.2) is 0 Å².